The van der Waals surface area contributed by atoms with Gasteiger partial charge in [-0.25, -0.2) is 9.59 Å². The average molecular weight is 378 g/mol. The molecule has 0 aliphatic rings. The number of carbonyl (C=O) groups is 2. The van der Waals surface area contributed by atoms with Crippen LogP contribution in [0.25, 0.3) is 0 Å². The van der Waals surface area contributed by atoms with Crippen LogP contribution in [0.1, 0.15) is 18.4 Å². The highest BCUT2D eigenvalue weighted by Gasteiger charge is 2.42. The molecule has 1 aromatic carbocycles. The first-order valence-corrected chi connectivity index (χ1v) is 7.42. The molecule has 26 heavy (non-hydrogen) atoms. The van der Waals surface area contributed by atoms with Crippen LogP contribution in [0, 0.1) is 0 Å². The highest BCUT2D eigenvalue weighted by molar-refractivity contribution is 5.85. The van der Waals surface area contributed by atoms with Crippen LogP contribution in [0.5, 0.6) is 0 Å². The van der Waals surface area contributed by atoms with Gasteiger partial charge in [-0.15, -0.1) is 0 Å². The number of hydrogen-bond donors (Lipinski definition) is 3. The van der Waals surface area contributed by atoms with Gasteiger partial charge in [-0.1, -0.05) is 30.3 Å². The lowest BCUT2D eigenvalue weighted by Crippen LogP contribution is -2.28. The SMILES string of the molecule is NCCCCN=C(N)N.O=C(OCc1ccccc1)OC(=O)C(F)(F)F. The van der Waals surface area contributed by atoms with E-state index in [9.17, 15) is 22.8 Å². The fraction of sp³-hybridized carbons (Fsp3) is 0.400. The molecule has 0 radical (unpaired) electrons. The van der Waals surface area contributed by atoms with Crippen molar-refractivity contribution in [2.45, 2.75) is 25.6 Å². The Morgan fingerprint density at radius 1 is 1.08 bits per heavy atom. The Bertz CT molecular complexity index is 576. The number of rotatable bonds is 6. The van der Waals surface area contributed by atoms with E-state index in [0.29, 0.717) is 18.7 Å². The summed E-state index contributed by atoms with van der Waals surface area (Å²) in [6.07, 6.45) is -4.95. The molecule has 0 atom stereocenters. The van der Waals surface area contributed by atoms with E-state index in [4.69, 9.17) is 17.2 Å². The van der Waals surface area contributed by atoms with Gasteiger partial charge in [0.25, 0.3) is 0 Å². The third-order valence-corrected chi connectivity index (χ3v) is 2.51. The molecule has 0 spiro atoms. The number of hydrogen-bond acceptors (Lipinski definition) is 6. The maximum absolute atomic E-state index is 11.7. The van der Waals surface area contributed by atoms with E-state index in [1.807, 2.05) is 0 Å². The van der Waals surface area contributed by atoms with Crippen LogP contribution in [0.4, 0.5) is 18.0 Å². The summed E-state index contributed by atoms with van der Waals surface area (Å²) in [5, 5.41) is 0. The van der Waals surface area contributed by atoms with Gasteiger partial charge >= 0.3 is 18.3 Å². The third-order valence-electron chi connectivity index (χ3n) is 2.51. The van der Waals surface area contributed by atoms with Gasteiger partial charge in [0.2, 0.25) is 0 Å². The minimum Gasteiger partial charge on any atom is -0.429 e. The Morgan fingerprint density at radius 2 is 1.69 bits per heavy atom. The molecule has 8 nitrogen and oxygen atoms in total. The summed E-state index contributed by atoms with van der Waals surface area (Å²) in [6, 6.07) is 8.22. The minimum absolute atomic E-state index is 0.159. The summed E-state index contributed by atoms with van der Waals surface area (Å²) in [5.41, 5.74) is 15.9. The van der Waals surface area contributed by atoms with Crippen LogP contribution in [0.15, 0.2) is 35.3 Å². The standard InChI is InChI=1S/C10H7F3O4.C5H14N4/c11-10(12,13)8(14)17-9(15)16-6-7-4-2-1-3-5-7;6-3-1-2-4-9-5(7)8/h1-5H,6H2;1-4,6H2,(H4,7,8,9). The van der Waals surface area contributed by atoms with Crippen molar-refractivity contribution in [2.24, 2.45) is 22.2 Å². The maximum Gasteiger partial charge on any atom is 0.516 e. The number of alkyl halides is 3. The van der Waals surface area contributed by atoms with Crippen molar-refractivity contribution in [2.75, 3.05) is 13.1 Å². The number of nitrogens with zero attached hydrogens (tertiary/aromatic N) is 1. The molecule has 11 heteroatoms. The number of carbonyl (C=O) groups excluding carboxylic acids is 2. The lowest BCUT2D eigenvalue weighted by molar-refractivity contribution is -0.195. The number of ether oxygens (including phenoxy) is 2. The van der Waals surface area contributed by atoms with Crippen molar-refractivity contribution in [3.63, 3.8) is 0 Å². The number of nitrogens with two attached hydrogens (primary N) is 3. The van der Waals surface area contributed by atoms with Gasteiger partial charge in [0, 0.05) is 6.54 Å². The monoisotopic (exact) mass is 378 g/mol. The largest absolute Gasteiger partial charge is 0.516 e. The Morgan fingerprint density at radius 3 is 2.19 bits per heavy atom. The molecule has 0 heterocycles. The second-order valence-electron chi connectivity index (χ2n) is 4.71. The summed E-state index contributed by atoms with van der Waals surface area (Å²) in [5.74, 6) is -2.44. The Kier molecular flexibility index (Phi) is 11.2. The summed E-state index contributed by atoms with van der Waals surface area (Å²) in [6.45, 7) is 1.13. The van der Waals surface area contributed by atoms with Gasteiger partial charge in [0.1, 0.15) is 6.61 Å². The fourth-order valence-corrected chi connectivity index (χ4v) is 1.34. The minimum atomic E-state index is -5.22. The first-order valence-electron chi connectivity index (χ1n) is 7.42. The van der Waals surface area contributed by atoms with Crippen molar-refractivity contribution >= 4 is 18.1 Å². The predicted octanol–water partition coefficient (Wildman–Crippen LogP) is 1.43. The van der Waals surface area contributed by atoms with Crippen molar-refractivity contribution in [3.8, 4) is 0 Å². The number of benzene rings is 1. The topological polar surface area (TPSA) is 143 Å². The smallest absolute Gasteiger partial charge is 0.429 e. The molecule has 0 amide bonds. The van der Waals surface area contributed by atoms with Crippen LogP contribution >= 0.6 is 0 Å². The van der Waals surface area contributed by atoms with E-state index in [1.54, 1.807) is 30.3 Å². The first kappa shape index (κ1) is 23.2. The van der Waals surface area contributed by atoms with Crippen molar-refractivity contribution < 1.29 is 32.2 Å². The van der Waals surface area contributed by atoms with Gasteiger partial charge < -0.3 is 26.7 Å². The maximum atomic E-state index is 11.7. The summed E-state index contributed by atoms with van der Waals surface area (Å²) >= 11 is 0. The van der Waals surface area contributed by atoms with Gasteiger partial charge in [0.05, 0.1) is 0 Å². The quantitative estimate of drug-likeness (QED) is 0.223. The first-order chi connectivity index (χ1) is 12.2. The molecule has 0 aliphatic carbocycles. The van der Waals surface area contributed by atoms with Crippen LogP contribution < -0.4 is 17.2 Å². The number of aliphatic imine (C=N–C) groups is 1. The van der Waals surface area contributed by atoms with E-state index in [2.05, 4.69) is 14.5 Å². The van der Waals surface area contributed by atoms with Crippen molar-refractivity contribution in [3.05, 3.63) is 35.9 Å². The molecule has 6 N–H and O–H groups in total. The van der Waals surface area contributed by atoms with E-state index in [-0.39, 0.29) is 12.6 Å². The number of esters is 1. The van der Waals surface area contributed by atoms with Gasteiger partial charge in [-0.3, -0.25) is 4.99 Å². The van der Waals surface area contributed by atoms with Gasteiger partial charge in [-0.05, 0) is 24.9 Å². The molecule has 0 unspecified atom stereocenters. The highest BCUT2D eigenvalue weighted by atomic mass is 19.4. The fourth-order valence-electron chi connectivity index (χ4n) is 1.34. The van der Waals surface area contributed by atoms with Crippen LogP contribution in [0.2, 0.25) is 0 Å². The highest BCUT2D eigenvalue weighted by Crippen LogP contribution is 2.16. The summed E-state index contributed by atoms with van der Waals surface area (Å²) < 4.78 is 42.8. The molecule has 0 aliphatic heterocycles. The summed E-state index contributed by atoms with van der Waals surface area (Å²) in [4.78, 5) is 24.7. The van der Waals surface area contributed by atoms with E-state index >= 15 is 0 Å². The van der Waals surface area contributed by atoms with Crippen molar-refractivity contribution in [1.82, 2.24) is 0 Å². The molecule has 146 valence electrons. The molecule has 0 fully saturated rings. The second-order valence-corrected chi connectivity index (χ2v) is 4.71. The third kappa shape index (κ3) is 12.6. The van der Waals surface area contributed by atoms with Crippen LogP contribution in [-0.2, 0) is 20.9 Å². The number of unbranched alkanes of at least 4 members (excludes halogenated alkanes) is 1. The molecule has 0 bridgehead atoms. The van der Waals surface area contributed by atoms with E-state index in [1.165, 1.54) is 0 Å². The molecule has 1 aromatic rings. The number of halogens is 3. The van der Waals surface area contributed by atoms with Crippen LogP contribution in [-0.4, -0.2) is 37.4 Å². The van der Waals surface area contributed by atoms with Gasteiger partial charge in [0.15, 0.2) is 5.96 Å². The second kappa shape index (κ2) is 12.5. The number of guanidine groups is 1. The van der Waals surface area contributed by atoms with Crippen molar-refractivity contribution in [1.29, 1.82) is 0 Å². The summed E-state index contributed by atoms with van der Waals surface area (Å²) in [7, 11) is 0. The molecular weight excluding hydrogens is 357 g/mol. The zero-order valence-corrected chi connectivity index (χ0v) is 13.9. The predicted molar refractivity (Wildman–Crippen MR) is 87.7 cm³/mol. The lowest BCUT2D eigenvalue weighted by Gasteiger charge is -2.06. The van der Waals surface area contributed by atoms with E-state index in [0.717, 1.165) is 12.8 Å². The zero-order valence-electron chi connectivity index (χ0n) is 13.9. The lowest BCUT2D eigenvalue weighted by atomic mass is 10.2. The molecule has 0 saturated carbocycles. The molecule has 0 aromatic heterocycles. The van der Waals surface area contributed by atoms with Crippen LogP contribution in [0.3, 0.4) is 0 Å². The molecular formula is C15H21F3N4O4. The average Bonchev–Trinajstić information content (AvgIpc) is 2.57. The normalized spacial score (nSPS) is 10.2. The zero-order chi connectivity index (χ0) is 20.0. The molecule has 1 rings (SSSR count). The molecule has 0 saturated heterocycles. The Hall–Kier alpha value is -2.82. The Balaban J connectivity index is 0.000000590. The Labute approximate surface area is 148 Å². The van der Waals surface area contributed by atoms with Gasteiger partial charge in [-0.2, -0.15) is 13.2 Å². The van der Waals surface area contributed by atoms with E-state index < -0.39 is 18.3 Å².